The first-order chi connectivity index (χ1) is 5.15. The summed E-state index contributed by atoms with van der Waals surface area (Å²) in [6.45, 7) is 6.40. The first-order valence-corrected chi connectivity index (χ1v) is 4.00. The Morgan fingerprint density at radius 2 is 1.91 bits per heavy atom. The zero-order valence-electron chi connectivity index (χ0n) is 7.44. The van der Waals surface area contributed by atoms with Gasteiger partial charge < -0.3 is 5.73 Å². The van der Waals surface area contributed by atoms with Crippen molar-refractivity contribution in [3.8, 4) is 0 Å². The zero-order chi connectivity index (χ0) is 8.43. The summed E-state index contributed by atoms with van der Waals surface area (Å²) in [5.74, 6) is 0. The third kappa shape index (κ3) is 1.53. The highest BCUT2D eigenvalue weighted by molar-refractivity contribution is 5.48. The lowest BCUT2D eigenvalue weighted by molar-refractivity contribution is 1.10. The third-order valence-corrected chi connectivity index (χ3v) is 2.18. The molecule has 2 N–H and O–H groups in total. The summed E-state index contributed by atoms with van der Waals surface area (Å²) in [5, 5.41) is 0. The van der Waals surface area contributed by atoms with Crippen LogP contribution >= 0.6 is 0 Å². The van der Waals surface area contributed by atoms with Crippen molar-refractivity contribution < 1.29 is 0 Å². The molecule has 0 aliphatic carbocycles. The van der Waals surface area contributed by atoms with Gasteiger partial charge in [-0.3, -0.25) is 0 Å². The minimum absolute atomic E-state index is 0.880. The number of benzene rings is 1. The number of nitrogens with two attached hydrogens (primary N) is 1. The molecule has 0 aromatic heterocycles. The van der Waals surface area contributed by atoms with Crippen LogP contribution in [0.1, 0.15) is 23.6 Å². The van der Waals surface area contributed by atoms with E-state index in [0.29, 0.717) is 0 Å². The topological polar surface area (TPSA) is 26.0 Å². The second kappa shape index (κ2) is 2.95. The van der Waals surface area contributed by atoms with Crippen molar-refractivity contribution in [2.45, 2.75) is 27.2 Å². The molecule has 0 saturated carbocycles. The van der Waals surface area contributed by atoms with Crippen molar-refractivity contribution in [3.63, 3.8) is 0 Å². The molecule has 0 radical (unpaired) electrons. The van der Waals surface area contributed by atoms with Crippen molar-refractivity contribution in [2.24, 2.45) is 0 Å². The Morgan fingerprint density at radius 1 is 1.27 bits per heavy atom. The van der Waals surface area contributed by atoms with Gasteiger partial charge >= 0.3 is 0 Å². The van der Waals surface area contributed by atoms with Crippen molar-refractivity contribution in [1.29, 1.82) is 0 Å². The predicted octanol–water partition coefficient (Wildman–Crippen LogP) is 2.45. The average Bonchev–Trinajstić information content (AvgIpc) is 1.96. The summed E-state index contributed by atoms with van der Waals surface area (Å²) in [5.41, 5.74) is 10.6. The summed E-state index contributed by atoms with van der Waals surface area (Å²) < 4.78 is 0. The lowest BCUT2D eigenvalue weighted by Gasteiger charge is -2.07. The van der Waals surface area contributed by atoms with Crippen LogP contribution in [-0.4, -0.2) is 0 Å². The number of nitrogen functional groups attached to an aromatic ring is 1. The maximum atomic E-state index is 5.70. The molecule has 0 unspecified atom stereocenters. The molecule has 0 aliphatic heterocycles. The van der Waals surface area contributed by atoms with Crippen molar-refractivity contribution in [2.75, 3.05) is 5.73 Å². The molecule has 1 heteroatoms. The van der Waals surface area contributed by atoms with E-state index in [-0.39, 0.29) is 0 Å². The van der Waals surface area contributed by atoms with Gasteiger partial charge in [0.1, 0.15) is 0 Å². The Labute approximate surface area is 68.2 Å². The van der Waals surface area contributed by atoms with Gasteiger partial charge in [-0.15, -0.1) is 0 Å². The summed E-state index contributed by atoms with van der Waals surface area (Å²) in [6, 6.07) is 4.08. The van der Waals surface area contributed by atoms with E-state index in [0.717, 1.165) is 12.1 Å². The quantitative estimate of drug-likeness (QED) is 0.610. The zero-order valence-corrected chi connectivity index (χ0v) is 7.44. The van der Waals surface area contributed by atoms with Crippen LogP contribution in [0.4, 0.5) is 5.69 Å². The minimum Gasteiger partial charge on any atom is -0.399 e. The van der Waals surface area contributed by atoms with Gasteiger partial charge in [0.2, 0.25) is 0 Å². The number of aryl methyl sites for hydroxylation is 2. The van der Waals surface area contributed by atoms with E-state index in [1.807, 2.05) is 6.07 Å². The Kier molecular flexibility index (Phi) is 2.18. The van der Waals surface area contributed by atoms with Crippen LogP contribution in [0, 0.1) is 13.8 Å². The van der Waals surface area contributed by atoms with Gasteiger partial charge in [-0.05, 0) is 49.1 Å². The normalized spacial score (nSPS) is 10.1. The molecule has 0 spiro atoms. The van der Waals surface area contributed by atoms with Gasteiger partial charge in [0.25, 0.3) is 0 Å². The number of hydrogen-bond acceptors (Lipinski definition) is 1. The highest BCUT2D eigenvalue weighted by Crippen LogP contribution is 2.17. The molecule has 0 bridgehead atoms. The smallest absolute Gasteiger partial charge is 0.0319 e. The molecule has 0 aliphatic rings. The van der Waals surface area contributed by atoms with E-state index >= 15 is 0 Å². The molecule has 60 valence electrons. The lowest BCUT2D eigenvalue weighted by Crippen LogP contribution is -1.94. The Hall–Kier alpha value is -0.980. The highest BCUT2D eigenvalue weighted by atomic mass is 14.5. The second-order valence-corrected chi connectivity index (χ2v) is 2.98. The van der Waals surface area contributed by atoms with E-state index in [9.17, 15) is 0 Å². The number of rotatable bonds is 1. The van der Waals surface area contributed by atoms with Crippen molar-refractivity contribution >= 4 is 5.69 Å². The van der Waals surface area contributed by atoms with E-state index < -0.39 is 0 Å². The third-order valence-electron chi connectivity index (χ3n) is 2.18. The molecule has 1 aromatic carbocycles. The van der Waals surface area contributed by atoms with Gasteiger partial charge in [0.05, 0.1) is 0 Å². The molecule has 0 fully saturated rings. The number of hydrogen-bond donors (Lipinski definition) is 1. The minimum atomic E-state index is 0.880. The standard InChI is InChI=1S/C10H15N/c1-4-9-6-10(11)5-7(2)8(9)3/h5-6H,4,11H2,1-3H3. The first kappa shape index (κ1) is 8.12. The fourth-order valence-corrected chi connectivity index (χ4v) is 1.33. The van der Waals surface area contributed by atoms with Crippen LogP contribution in [0.2, 0.25) is 0 Å². The Bertz CT molecular complexity index is 264. The number of anilines is 1. The molecule has 0 amide bonds. The van der Waals surface area contributed by atoms with E-state index in [2.05, 4.69) is 26.8 Å². The fourth-order valence-electron chi connectivity index (χ4n) is 1.33. The summed E-state index contributed by atoms with van der Waals surface area (Å²) in [7, 11) is 0. The SMILES string of the molecule is CCc1cc(N)cc(C)c1C. The molecule has 0 heterocycles. The van der Waals surface area contributed by atoms with Gasteiger partial charge in [0, 0.05) is 5.69 Å². The fraction of sp³-hybridized carbons (Fsp3) is 0.400. The molecule has 1 rings (SSSR count). The molecular formula is C10H15N. The van der Waals surface area contributed by atoms with Crippen LogP contribution in [0.15, 0.2) is 12.1 Å². The predicted molar refractivity (Wildman–Crippen MR) is 49.7 cm³/mol. The molecule has 1 aromatic rings. The van der Waals surface area contributed by atoms with Crippen LogP contribution in [-0.2, 0) is 6.42 Å². The largest absolute Gasteiger partial charge is 0.399 e. The van der Waals surface area contributed by atoms with E-state index in [1.165, 1.54) is 16.7 Å². The molecule has 1 nitrogen and oxygen atoms in total. The second-order valence-electron chi connectivity index (χ2n) is 2.98. The van der Waals surface area contributed by atoms with Crippen LogP contribution in [0.25, 0.3) is 0 Å². The van der Waals surface area contributed by atoms with Gasteiger partial charge in [-0.2, -0.15) is 0 Å². The van der Waals surface area contributed by atoms with Gasteiger partial charge in [-0.1, -0.05) is 6.92 Å². The molecule has 11 heavy (non-hydrogen) atoms. The first-order valence-electron chi connectivity index (χ1n) is 4.00. The van der Waals surface area contributed by atoms with Crippen LogP contribution in [0.5, 0.6) is 0 Å². The molecule has 0 saturated heterocycles. The molecular weight excluding hydrogens is 134 g/mol. The maximum absolute atomic E-state index is 5.70. The van der Waals surface area contributed by atoms with Gasteiger partial charge in [0.15, 0.2) is 0 Å². The van der Waals surface area contributed by atoms with Gasteiger partial charge in [-0.25, -0.2) is 0 Å². The maximum Gasteiger partial charge on any atom is 0.0319 e. The summed E-state index contributed by atoms with van der Waals surface area (Å²) >= 11 is 0. The van der Waals surface area contributed by atoms with Crippen molar-refractivity contribution in [1.82, 2.24) is 0 Å². The van der Waals surface area contributed by atoms with Crippen LogP contribution in [0.3, 0.4) is 0 Å². The Morgan fingerprint density at radius 3 is 2.45 bits per heavy atom. The summed E-state index contributed by atoms with van der Waals surface area (Å²) in [6.07, 6.45) is 1.07. The van der Waals surface area contributed by atoms with Crippen LogP contribution < -0.4 is 5.73 Å². The summed E-state index contributed by atoms with van der Waals surface area (Å²) in [4.78, 5) is 0. The van der Waals surface area contributed by atoms with E-state index in [1.54, 1.807) is 0 Å². The van der Waals surface area contributed by atoms with E-state index in [4.69, 9.17) is 5.73 Å². The lowest BCUT2D eigenvalue weighted by atomic mass is 10.0. The van der Waals surface area contributed by atoms with Crippen molar-refractivity contribution in [3.05, 3.63) is 28.8 Å². The molecule has 0 atom stereocenters. The Balaban J connectivity index is 3.24. The highest BCUT2D eigenvalue weighted by Gasteiger charge is 1.99. The monoisotopic (exact) mass is 149 g/mol. The average molecular weight is 149 g/mol.